The number of anilines is 1. The quantitative estimate of drug-likeness (QED) is 0.724. The second kappa shape index (κ2) is 7.22. The first-order valence-corrected chi connectivity index (χ1v) is 7.02. The van der Waals surface area contributed by atoms with Gasteiger partial charge in [-0.25, -0.2) is 0 Å². The molecule has 0 aromatic heterocycles. The minimum Gasteiger partial charge on any atom is -0.396 e. The van der Waals surface area contributed by atoms with Crippen LogP contribution in [0.3, 0.4) is 0 Å². The van der Waals surface area contributed by atoms with Crippen LogP contribution in [0, 0.1) is 19.3 Å². The minimum absolute atomic E-state index is 0.0532. The summed E-state index contributed by atoms with van der Waals surface area (Å²) in [5, 5.41) is 14.1. The SMILES string of the molecule is Cc1cc(C)cc(NC(=O)C(=O)NCC(C)(C)CCO)c1. The molecule has 0 aliphatic rings. The van der Waals surface area contributed by atoms with E-state index in [1.54, 1.807) is 0 Å². The zero-order valence-electron chi connectivity index (χ0n) is 13.1. The van der Waals surface area contributed by atoms with Crippen molar-refractivity contribution in [3.05, 3.63) is 29.3 Å². The molecule has 0 unspecified atom stereocenters. The van der Waals surface area contributed by atoms with Crippen molar-refractivity contribution >= 4 is 17.5 Å². The van der Waals surface area contributed by atoms with Crippen molar-refractivity contribution in [3.8, 4) is 0 Å². The lowest BCUT2D eigenvalue weighted by atomic mass is 9.90. The Morgan fingerprint density at radius 1 is 1.10 bits per heavy atom. The van der Waals surface area contributed by atoms with Gasteiger partial charge in [0.05, 0.1) is 0 Å². The van der Waals surface area contributed by atoms with Gasteiger partial charge in [0.25, 0.3) is 0 Å². The molecule has 0 saturated carbocycles. The molecule has 0 heterocycles. The highest BCUT2D eigenvalue weighted by molar-refractivity contribution is 6.39. The number of carbonyl (C=O) groups excluding carboxylic acids is 2. The van der Waals surface area contributed by atoms with Crippen molar-refractivity contribution in [2.24, 2.45) is 5.41 Å². The molecule has 5 heteroatoms. The Bertz CT molecular complexity index is 504. The van der Waals surface area contributed by atoms with E-state index < -0.39 is 11.8 Å². The molecule has 5 nitrogen and oxygen atoms in total. The molecular formula is C16H24N2O3. The van der Waals surface area contributed by atoms with Crippen LogP contribution in [0.1, 0.15) is 31.4 Å². The molecule has 0 aliphatic heterocycles. The topological polar surface area (TPSA) is 78.4 Å². The summed E-state index contributed by atoms with van der Waals surface area (Å²) < 4.78 is 0. The maximum atomic E-state index is 11.8. The fourth-order valence-electron chi connectivity index (χ4n) is 2.03. The summed E-state index contributed by atoms with van der Waals surface area (Å²) in [6.07, 6.45) is 0.561. The zero-order chi connectivity index (χ0) is 16.0. The third-order valence-corrected chi connectivity index (χ3v) is 3.20. The van der Waals surface area contributed by atoms with Crippen LogP contribution in [0.4, 0.5) is 5.69 Å². The van der Waals surface area contributed by atoms with Crippen molar-refractivity contribution in [3.63, 3.8) is 0 Å². The number of benzene rings is 1. The summed E-state index contributed by atoms with van der Waals surface area (Å²) in [6.45, 7) is 8.10. The molecule has 1 aromatic carbocycles. The van der Waals surface area contributed by atoms with Gasteiger partial charge in [-0.1, -0.05) is 19.9 Å². The fourth-order valence-corrected chi connectivity index (χ4v) is 2.03. The van der Waals surface area contributed by atoms with Crippen LogP contribution in [0.25, 0.3) is 0 Å². The zero-order valence-corrected chi connectivity index (χ0v) is 13.1. The highest BCUT2D eigenvalue weighted by Gasteiger charge is 2.21. The van der Waals surface area contributed by atoms with Crippen LogP contribution in [-0.4, -0.2) is 30.1 Å². The van der Waals surface area contributed by atoms with Crippen molar-refractivity contribution in [2.75, 3.05) is 18.5 Å². The first kappa shape index (κ1) is 17.2. The lowest BCUT2D eigenvalue weighted by molar-refractivity contribution is -0.136. The Morgan fingerprint density at radius 3 is 2.19 bits per heavy atom. The molecule has 21 heavy (non-hydrogen) atoms. The number of rotatable bonds is 5. The van der Waals surface area contributed by atoms with E-state index in [9.17, 15) is 9.59 Å². The Hall–Kier alpha value is -1.88. The summed E-state index contributed by atoms with van der Waals surface area (Å²) in [5.41, 5.74) is 2.41. The molecule has 0 radical (unpaired) electrons. The van der Waals surface area contributed by atoms with E-state index in [2.05, 4.69) is 10.6 Å². The van der Waals surface area contributed by atoms with Crippen LogP contribution in [0.5, 0.6) is 0 Å². The molecule has 1 rings (SSSR count). The monoisotopic (exact) mass is 292 g/mol. The van der Waals surface area contributed by atoms with Gasteiger partial charge in [-0.15, -0.1) is 0 Å². The third kappa shape index (κ3) is 5.95. The van der Waals surface area contributed by atoms with E-state index in [0.29, 0.717) is 18.7 Å². The number of carbonyl (C=O) groups is 2. The first-order valence-electron chi connectivity index (χ1n) is 7.02. The van der Waals surface area contributed by atoms with Crippen LogP contribution in [0.2, 0.25) is 0 Å². The Morgan fingerprint density at radius 2 is 1.67 bits per heavy atom. The van der Waals surface area contributed by atoms with Crippen LogP contribution < -0.4 is 10.6 Å². The average Bonchev–Trinajstić information content (AvgIpc) is 2.34. The summed E-state index contributed by atoms with van der Waals surface area (Å²) in [6, 6.07) is 5.62. The summed E-state index contributed by atoms with van der Waals surface area (Å²) in [5.74, 6) is -1.35. The maximum absolute atomic E-state index is 11.8. The van der Waals surface area contributed by atoms with E-state index >= 15 is 0 Å². The van der Waals surface area contributed by atoms with E-state index in [-0.39, 0.29) is 12.0 Å². The van der Waals surface area contributed by atoms with Crippen molar-refractivity contribution < 1.29 is 14.7 Å². The van der Waals surface area contributed by atoms with Gasteiger partial charge in [0.15, 0.2) is 0 Å². The molecule has 0 aliphatic carbocycles. The number of nitrogens with one attached hydrogen (secondary N) is 2. The number of hydrogen-bond acceptors (Lipinski definition) is 3. The average molecular weight is 292 g/mol. The number of aryl methyl sites for hydroxylation is 2. The lowest BCUT2D eigenvalue weighted by Crippen LogP contribution is -2.40. The molecule has 0 saturated heterocycles. The smallest absolute Gasteiger partial charge is 0.313 e. The molecule has 2 amide bonds. The maximum Gasteiger partial charge on any atom is 0.313 e. The molecular weight excluding hydrogens is 268 g/mol. The molecule has 116 valence electrons. The van der Waals surface area contributed by atoms with E-state index in [0.717, 1.165) is 11.1 Å². The Kier molecular flexibility index (Phi) is 5.90. The van der Waals surface area contributed by atoms with E-state index in [4.69, 9.17) is 5.11 Å². The van der Waals surface area contributed by atoms with Gasteiger partial charge in [0.1, 0.15) is 0 Å². The van der Waals surface area contributed by atoms with Gasteiger partial charge in [-0.2, -0.15) is 0 Å². The van der Waals surface area contributed by atoms with Crippen molar-refractivity contribution in [1.29, 1.82) is 0 Å². The predicted octanol–water partition coefficient (Wildman–Crippen LogP) is 1.77. The van der Waals surface area contributed by atoms with E-state index in [1.807, 2.05) is 45.9 Å². The molecule has 0 spiro atoms. The van der Waals surface area contributed by atoms with Crippen molar-refractivity contribution in [2.45, 2.75) is 34.1 Å². The third-order valence-electron chi connectivity index (χ3n) is 3.20. The minimum atomic E-state index is -0.681. The second-order valence-electron chi connectivity index (χ2n) is 6.15. The summed E-state index contributed by atoms with van der Waals surface area (Å²) >= 11 is 0. The molecule has 0 bridgehead atoms. The first-order chi connectivity index (χ1) is 9.73. The predicted molar refractivity (Wildman–Crippen MR) is 83.0 cm³/mol. The number of amides is 2. The summed E-state index contributed by atoms with van der Waals surface area (Å²) in [7, 11) is 0. The molecule has 0 fully saturated rings. The highest BCUT2D eigenvalue weighted by Crippen LogP contribution is 2.18. The molecule has 3 N–H and O–H groups in total. The van der Waals surface area contributed by atoms with Crippen LogP contribution in [-0.2, 0) is 9.59 Å². The van der Waals surface area contributed by atoms with Crippen molar-refractivity contribution in [1.82, 2.24) is 5.32 Å². The fraction of sp³-hybridized carbons (Fsp3) is 0.500. The number of aliphatic hydroxyl groups is 1. The second-order valence-corrected chi connectivity index (χ2v) is 6.15. The molecule has 0 atom stereocenters. The van der Waals surface area contributed by atoms with Gasteiger partial charge in [0, 0.05) is 18.8 Å². The Labute approximate surface area is 125 Å². The van der Waals surface area contributed by atoms with E-state index in [1.165, 1.54) is 0 Å². The standard InChI is InChI=1S/C16H24N2O3/c1-11-7-12(2)9-13(8-11)18-15(21)14(20)17-10-16(3,4)5-6-19/h7-9,19H,5-6,10H2,1-4H3,(H,17,20)(H,18,21). The van der Waals surface area contributed by atoms with Gasteiger partial charge >= 0.3 is 11.8 Å². The largest absolute Gasteiger partial charge is 0.396 e. The number of aliphatic hydroxyl groups excluding tert-OH is 1. The lowest BCUT2D eigenvalue weighted by Gasteiger charge is -2.23. The van der Waals surface area contributed by atoms with Gasteiger partial charge in [-0.05, 0) is 48.9 Å². The van der Waals surface area contributed by atoms with Crippen LogP contribution >= 0.6 is 0 Å². The normalized spacial score (nSPS) is 11.1. The van der Waals surface area contributed by atoms with Crippen LogP contribution in [0.15, 0.2) is 18.2 Å². The van der Waals surface area contributed by atoms with Gasteiger partial charge in [0.2, 0.25) is 0 Å². The number of hydrogen-bond donors (Lipinski definition) is 3. The molecule has 1 aromatic rings. The highest BCUT2D eigenvalue weighted by atomic mass is 16.3. The summed E-state index contributed by atoms with van der Waals surface area (Å²) in [4.78, 5) is 23.6. The Balaban J connectivity index is 2.57. The van der Waals surface area contributed by atoms with Gasteiger partial charge < -0.3 is 15.7 Å². The van der Waals surface area contributed by atoms with Gasteiger partial charge in [-0.3, -0.25) is 9.59 Å².